The molecule has 2 aliphatic heterocycles. The summed E-state index contributed by atoms with van der Waals surface area (Å²) in [6, 6.07) is 13.8. The first kappa shape index (κ1) is 14.1. The topological polar surface area (TPSA) is 47.6 Å². The highest BCUT2D eigenvalue weighted by atomic mass is 16.5. The van der Waals surface area contributed by atoms with Crippen LogP contribution in [0.1, 0.15) is 17.5 Å². The average Bonchev–Trinajstić information content (AvgIpc) is 2.61. The zero-order chi connectivity index (χ0) is 15.6. The number of benzene rings is 2. The summed E-state index contributed by atoms with van der Waals surface area (Å²) >= 11 is 0. The van der Waals surface area contributed by atoms with Crippen molar-refractivity contribution >= 4 is 11.6 Å². The predicted molar refractivity (Wildman–Crippen MR) is 88.0 cm³/mol. The molecule has 2 aliphatic rings. The Labute approximate surface area is 135 Å². The van der Waals surface area contributed by atoms with E-state index in [2.05, 4.69) is 5.32 Å². The fraction of sp³-hybridized carbons (Fsp3) is 0.316. The van der Waals surface area contributed by atoms with Crippen LogP contribution in [-0.2, 0) is 17.6 Å². The van der Waals surface area contributed by atoms with Crippen LogP contribution in [-0.4, -0.2) is 19.1 Å². The van der Waals surface area contributed by atoms with E-state index in [4.69, 9.17) is 9.47 Å². The Morgan fingerprint density at radius 2 is 1.91 bits per heavy atom. The Balaban J connectivity index is 1.46. The summed E-state index contributed by atoms with van der Waals surface area (Å²) in [4.78, 5) is 12.5. The standard InChI is InChI=1S/C19H19NO3/c21-19(15-10-13-4-1-2-6-17(13)23-12-15)20-16-7-8-18-14(11-16)5-3-9-22-18/h1-2,4,6-8,11,15H,3,5,9-10,12H2,(H,20,21). The van der Waals surface area contributed by atoms with Gasteiger partial charge in [0, 0.05) is 5.69 Å². The number of para-hydroxylation sites is 1. The normalized spacial score (nSPS) is 18.9. The molecular weight excluding hydrogens is 290 g/mol. The largest absolute Gasteiger partial charge is 0.493 e. The van der Waals surface area contributed by atoms with E-state index in [0.717, 1.165) is 48.6 Å². The van der Waals surface area contributed by atoms with Crippen LogP contribution in [0.3, 0.4) is 0 Å². The van der Waals surface area contributed by atoms with Gasteiger partial charge in [-0.15, -0.1) is 0 Å². The molecule has 0 fully saturated rings. The van der Waals surface area contributed by atoms with Crippen LogP contribution >= 0.6 is 0 Å². The van der Waals surface area contributed by atoms with Crippen molar-refractivity contribution in [2.75, 3.05) is 18.5 Å². The van der Waals surface area contributed by atoms with Crippen LogP contribution in [0.15, 0.2) is 42.5 Å². The van der Waals surface area contributed by atoms with Crippen molar-refractivity contribution in [2.45, 2.75) is 19.3 Å². The number of hydrogen-bond donors (Lipinski definition) is 1. The summed E-state index contributed by atoms with van der Waals surface area (Å²) in [5.41, 5.74) is 3.09. The van der Waals surface area contributed by atoms with Gasteiger partial charge in [0.05, 0.1) is 12.5 Å². The van der Waals surface area contributed by atoms with Crippen LogP contribution in [0, 0.1) is 5.92 Å². The number of aryl methyl sites for hydroxylation is 1. The zero-order valence-corrected chi connectivity index (χ0v) is 12.9. The first-order valence-electron chi connectivity index (χ1n) is 8.07. The third-order valence-electron chi connectivity index (χ3n) is 4.43. The van der Waals surface area contributed by atoms with Gasteiger partial charge in [-0.2, -0.15) is 0 Å². The molecule has 0 aromatic heterocycles. The smallest absolute Gasteiger partial charge is 0.231 e. The molecule has 4 heteroatoms. The third-order valence-corrected chi connectivity index (χ3v) is 4.43. The van der Waals surface area contributed by atoms with Crippen molar-refractivity contribution in [1.29, 1.82) is 0 Å². The van der Waals surface area contributed by atoms with Gasteiger partial charge in [-0.05, 0) is 54.7 Å². The third kappa shape index (κ3) is 2.89. The second kappa shape index (κ2) is 5.95. The number of nitrogens with one attached hydrogen (secondary N) is 1. The van der Waals surface area contributed by atoms with Gasteiger partial charge in [0.15, 0.2) is 0 Å². The minimum atomic E-state index is -0.155. The Morgan fingerprint density at radius 1 is 1.04 bits per heavy atom. The van der Waals surface area contributed by atoms with Gasteiger partial charge in [0.2, 0.25) is 5.91 Å². The van der Waals surface area contributed by atoms with Crippen molar-refractivity contribution in [1.82, 2.24) is 0 Å². The number of rotatable bonds is 2. The fourth-order valence-corrected chi connectivity index (χ4v) is 3.18. The van der Waals surface area contributed by atoms with Crippen LogP contribution in [0.25, 0.3) is 0 Å². The summed E-state index contributed by atoms with van der Waals surface area (Å²) < 4.78 is 11.3. The number of anilines is 1. The second-order valence-corrected chi connectivity index (χ2v) is 6.08. The lowest BCUT2D eigenvalue weighted by molar-refractivity contribution is -0.121. The van der Waals surface area contributed by atoms with Crippen LogP contribution in [0.4, 0.5) is 5.69 Å². The summed E-state index contributed by atoms with van der Waals surface area (Å²) in [6.45, 7) is 1.20. The molecule has 2 aromatic carbocycles. The van der Waals surface area contributed by atoms with Gasteiger partial charge in [-0.3, -0.25) is 4.79 Å². The molecular formula is C19H19NO3. The van der Waals surface area contributed by atoms with E-state index in [-0.39, 0.29) is 11.8 Å². The highest BCUT2D eigenvalue weighted by Crippen LogP contribution is 2.29. The van der Waals surface area contributed by atoms with Gasteiger partial charge >= 0.3 is 0 Å². The van der Waals surface area contributed by atoms with Crippen molar-refractivity contribution in [3.8, 4) is 11.5 Å². The molecule has 4 rings (SSSR count). The lowest BCUT2D eigenvalue weighted by Gasteiger charge is -2.25. The molecule has 0 saturated heterocycles. The molecule has 1 amide bonds. The molecule has 0 bridgehead atoms. The van der Waals surface area contributed by atoms with E-state index >= 15 is 0 Å². The highest BCUT2D eigenvalue weighted by molar-refractivity contribution is 5.93. The monoisotopic (exact) mass is 309 g/mol. The quantitative estimate of drug-likeness (QED) is 0.926. The molecule has 2 aromatic rings. The van der Waals surface area contributed by atoms with Crippen molar-refractivity contribution in [3.63, 3.8) is 0 Å². The number of fused-ring (bicyclic) bond motifs is 2. The molecule has 1 N–H and O–H groups in total. The maximum Gasteiger partial charge on any atom is 0.231 e. The SMILES string of the molecule is O=C(Nc1ccc2c(c1)CCCO2)C1COc2ccccc2C1. The van der Waals surface area contributed by atoms with Crippen LogP contribution in [0.5, 0.6) is 11.5 Å². The Kier molecular flexibility index (Phi) is 3.66. The van der Waals surface area contributed by atoms with Crippen molar-refractivity contribution in [3.05, 3.63) is 53.6 Å². The zero-order valence-electron chi connectivity index (χ0n) is 12.9. The molecule has 0 aliphatic carbocycles. The Morgan fingerprint density at radius 3 is 2.87 bits per heavy atom. The molecule has 0 saturated carbocycles. The number of carbonyl (C=O) groups is 1. The number of ether oxygens (including phenoxy) is 2. The Hall–Kier alpha value is -2.49. The first-order chi connectivity index (χ1) is 11.3. The summed E-state index contributed by atoms with van der Waals surface area (Å²) in [5.74, 6) is 1.68. The van der Waals surface area contributed by atoms with Crippen molar-refractivity contribution < 1.29 is 14.3 Å². The fourth-order valence-electron chi connectivity index (χ4n) is 3.18. The minimum absolute atomic E-state index is 0.0104. The average molecular weight is 309 g/mol. The summed E-state index contributed by atoms with van der Waals surface area (Å²) in [6.07, 6.45) is 2.74. The number of carbonyl (C=O) groups excluding carboxylic acids is 1. The van der Waals surface area contributed by atoms with E-state index in [1.54, 1.807) is 0 Å². The van der Waals surface area contributed by atoms with Crippen LogP contribution in [0.2, 0.25) is 0 Å². The van der Waals surface area contributed by atoms with E-state index in [0.29, 0.717) is 6.61 Å². The van der Waals surface area contributed by atoms with E-state index in [1.165, 1.54) is 5.56 Å². The summed E-state index contributed by atoms with van der Waals surface area (Å²) in [5, 5.41) is 3.02. The van der Waals surface area contributed by atoms with Gasteiger partial charge in [0.1, 0.15) is 18.1 Å². The van der Waals surface area contributed by atoms with Crippen molar-refractivity contribution in [2.24, 2.45) is 5.92 Å². The lowest BCUT2D eigenvalue weighted by Crippen LogP contribution is -2.32. The molecule has 2 heterocycles. The minimum Gasteiger partial charge on any atom is -0.493 e. The maximum atomic E-state index is 12.5. The van der Waals surface area contributed by atoms with Gasteiger partial charge in [-0.1, -0.05) is 18.2 Å². The molecule has 1 unspecified atom stereocenters. The van der Waals surface area contributed by atoms with Gasteiger partial charge in [0.25, 0.3) is 0 Å². The predicted octanol–water partition coefficient (Wildman–Crippen LogP) is 3.20. The van der Waals surface area contributed by atoms with Crippen LogP contribution < -0.4 is 14.8 Å². The molecule has 118 valence electrons. The van der Waals surface area contributed by atoms with Gasteiger partial charge in [-0.25, -0.2) is 0 Å². The van der Waals surface area contributed by atoms with E-state index < -0.39 is 0 Å². The molecule has 1 atom stereocenters. The molecule has 0 spiro atoms. The maximum absolute atomic E-state index is 12.5. The summed E-state index contributed by atoms with van der Waals surface area (Å²) in [7, 11) is 0. The first-order valence-corrected chi connectivity index (χ1v) is 8.07. The van der Waals surface area contributed by atoms with E-state index in [1.807, 2.05) is 42.5 Å². The highest BCUT2D eigenvalue weighted by Gasteiger charge is 2.26. The van der Waals surface area contributed by atoms with Gasteiger partial charge < -0.3 is 14.8 Å². The Bertz CT molecular complexity index is 741. The van der Waals surface area contributed by atoms with E-state index in [9.17, 15) is 4.79 Å². The number of hydrogen-bond acceptors (Lipinski definition) is 3. The molecule has 0 radical (unpaired) electrons. The number of amides is 1. The molecule has 23 heavy (non-hydrogen) atoms. The lowest BCUT2D eigenvalue weighted by atomic mass is 9.96. The molecule has 4 nitrogen and oxygen atoms in total. The second-order valence-electron chi connectivity index (χ2n) is 6.08.